The number of nitrogens with zero attached hydrogens (tertiary/aromatic N) is 2. The Kier molecular flexibility index (Phi) is 4.03. The predicted octanol–water partition coefficient (Wildman–Crippen LogP) is 3.69. The summed E-state index contributed by atoms with van der Waals surface area (Å²) >= 11 is 7.82. The fourth-order valence-corrected chi connectivity index (χ4v) is 3.96. The van der Waals surface area contributed by atoms with Gasteiger partial charge < -0.3 is 10.2 Å². The maximum absolute atomic E-state index is 12.3. The van der Waals surface area contributed by atoms with E-state index >= 15 is 0 Å². The van der Waals surface area contributed by atoms with Crippen molar-refractivity contribution in [2.24, 2.45) is 5.92 Å². The van der Waals surface area contributed by atoms with Crippen molar-refractivity contribution in [3.8, 4) is 0 Å². The Balaban J connectivity index is 1.74. The van der Waals surface area contributed by atoms with E-state index in [9.17, 15) is 4.79 Å². The number of carbonyl (C=O) groups excluding carboxylic acids is 1. The van der Waals surface area contributed by atoms with Crippen LogP contribution in [0.3, 0.4) is 0 Å². The van der Waals surface area contributed by atoms with Gasteiger partial charge in [-0.1, -0.05) is 29.0 Å². The van der Waals surface area contributed by atoms with Crippen molar-refractivity contribution in [3.05, 3.63) is 23.2 Å². The quantitative estimate of drug-likeness (QED) is 0.909. The van der Waals surface area contributed by atoms with Gasteiger partial charge in [0.25, 0.3) is 0 Å². The van der Waals surface area contributed by atoms with Crippen LogP contribution >= 0.6 is 22.9 Å². The lowest BCUT2D eigenvalue weighted by Gasteiger charge is -2.23. The standard InChI is InChI=1S/C16H20ClN3OS/c1-16(2,3)19-14(21)10-7-8-20(9-10)15-18-13-11(17)5-4-6-12(13)22-15/h4-6,10H,7-9H2,1-3H3,(H,19,21). The predicted molar refractivity (Wildman–Crippen MR) is 92.8 cm³/mol. The zero-order valence-electron chi connectivity index (χ0n) is 13.0. The fraction of sp³-hybridized carbons (Fsp3) is 0.500. The minimum Gasteiger partial charge on any atom is -0.351 e. The lowest BCUT2D eigenvalue weighted by molar-refractivity contribution is -0.125. The van der Waals surface area contributed by atoms with Gasteiger partial charge in [0.1, 0.15) is 5.52 Å². The summed E-state index contributed by atoms with van der Waals surface area (Å²) < 4.78 is 1.09. The Morgan fingerprint density at radius 3 is 2.91 bits per heavy atom. The van der Waals surface area contributed by atoms with E-state index in [4.69, 9.17) is 11.6 Å². The van der Waals surface area contributed by atoms with E-state index in [0.29, 0.717) is 5.02 Å². The number of rotatable bonds is 2. The van der Waals surface area contributed by atoms with Gasteiger partial charge in [-0.15, -0.1) is 0 Å². The zero-order chi connectivity index (χ0) is 15.9. The third kappa shape index (κ3) is 3.20. The highest BCUT2D eigenvalue weighted by atomic mass is 35.5. The van der Waals surface area contributed by atoms with Gasteiger partial charge in [-0.2, -0.15) is 0 Å². The monoisotopic (exact) mass is 337 g/mol. The number of aromatic nitrogens is 1. The molecule has 118 valence electrons. The summed E-state index contributed by atoms with van der Waals surface area (Å²) in [4.78, 5) is 19.1. The minimum absolute atomic E-state index is 0.0294. The highest BCUT2D eigenvalue weighted by molar-refractivity contribution is 7.22. The maximum atomic E-state index is 12.3. The van der Waals surface area contributed by atoms with Gasteiger partial charge in [-0.05, 0) is 39.3 Å². The van der Waals surface area contributed by atoms with E-state index < -0.39 is 0 Å². The Bertz CT molecular complexity index is 707. The van der Waals surface area contributed by atoms with Crippen LogP contribution in [-0.2, 0) is 4.79 Å². The third-order valence-electron chi connectivity index (χ3n) is 3.69. The molecule has 0 spiro atoms. The molecule has 0 saturated carbocycles. The van der Waals surface area contributed by atoms with Gasteiger partial charge in [0.2, 0.25) is 5.91 Å². The Morgan fingerprint density at radius 2 is 2.23 bits per heavy atom. The molecule has 1 aliphatic heterocycles. The number of thiazole rings is 1. The van der Waals surface area contributed by atoms with Crippen LogP contribution in [0.2, 0.25) is 5.02 Å². The normalized spacial score (nSPS) is 18.9. The smallest absolute Gasteiger partial charge is 0.225 e. The van der Waals surface area contributed by atoms with E-state index in [2.05, 4.69) is 15.2 Å². The second-order valence-electron chi connectivity index (χ2n) is 6.75. The first kappa shape index (κ1) is 15.6. The third-order valence-corrected chi connectivity index (χ3v) is 5.07. The van der Waals surface area contributed by atoms with Crippen molar-refractivity contribution in [2.45, 2.75) is 32.7 Å². The van der Waals surface area contributed by atoms with Crippen molar-refractivity contribution in [1.29, 1.82) is 0 Å². The van der Waals surface area contributed by atoms with Crippen molar-refractivity contribution in [1.82, 2.24) is 10.3 Å². The summed E-state index contributed by atoms with van der Waals surface area (Å²) in [6, 6.07) is 5.83. The van der Waals surface area contributed by atoms with Crippen LogP contribution in [0.4, 0.5) is 5.13 Å². The topological polar surface area (TPSA) is 45.2 Å². The molecule has 3 rings (SSSR count). The van der Waals surface area contributed by atoms with E-state index in [1.54, 1.807) is 11.3 Å². The van der Waals surface area contributed by atoms with Gasteiger partial charge in [0.15, 0.2) is 5.13 Å². The number of hydrogen-bond acceptors (Lipinski definition) is 4. The average molecular weight is 338 g/mol. The highest BCUT2D eigenvalue weighted by Gasteiger charge is 2.31. The van der Waals surface area contributed by atoms with Crippen LogP contribution in [-0.4, -0.2) is 29.5 Å². The van der Waals surface area contributed by atoms with Crippen LogP contribution in [0.5, 0.6) is 0 Å². The summed E-state index contributed by atoms with van der Waals surface area (Å²) in [7, 11) is 0. The van der Waals surface area contributed by atoms with Gasteiger partial charge >= 0.3 is 0 Å². The molecule has 6 heteroatoms. The molecule has 2 aromatic rings. The van der Waals surface area contributed by atoms with Gasteiger partial charge in [-0.25, -0.2) is 4.98 Å². The first-order valence-electron chi connectivity index (χ1n) is 7.45. The van der Waals surface area contributed by atoms with Gasteiger partial charge in [-0.3, -0.25) is 4.79 Å². The summed E-state index contributed by atoms with van der Waals surface area (Å²) in [5.41, 5.74) is 0.667. The lowest BCUT2D eigenvalue weighted by atomic mass is 10.0. The van der Waals surface area contributed by atoms with Crippen molar-refractivity contribution in [2.75, 3.05) is 18.0 Å². The maximum Gasteiger partial charge on any atom is 0.225 e. The fourth-order valence-electron chi connectivity index (χ4n) is 2.66. The second-order valence-corrected chi connectivity index (χ2v) is 8.17. The number of amides is 1. The van der Waals surface area contributed by atoms with Crippen molar-refractivity contribution >= 4 is 44.2 Å². The molecule has 22 heavy (non-hydrogen) atoms. The number of benzene rings is 1. The summed E-state index contributed by atoms with van der Waals surface area (Å²) in [5.74, 6) is 0.163. The molecular formula is C16H20ClN3OS. The number of nitrogens with one attached hydrogen (secondary N) is 1. The summed E-state index contributed by atoms with van der Waals surface area (Å²) in [6.07, 6.45) is 0.867. The number of fused-ring (bicyclic) bond motifs is 1. The number of carbonyl (C=O) groups is 1. The summed E-state index contributed by atoms with van der Waals surface area (Å²) in [5, 5.41) is 4.70. The number of para-hydroxylation sites is 1. The van der Waals surface area contributed by atoms with E-state index in [0.717, 1.165) is 34.9 Å². The molecule has 0 radical (unpaired) electrons. The lowest BCUT2D eigenvalue weighted by Crippen LogP contribution is -2.44. The molecule has 1 unspecified atom stereocenters. The van der Waals surface area contributed by atoms with Crippen molar-refractivity contribution in [3.63, 3.8) is 0 Å². The molecule has 1 atom stereocenters. The molecule has 0 aliphatic carbocycles. The molecule has 1 amide bonds. The number of anilines is 1. The van der Waals surface area contributed by atoms with Crippen LogP contribution < -0.4 is 10.2 Å². The van der Waals surface area contributed by atoms with Crippen molar-refractivity contribution < 1.29 is 4.79 Å². The molecule has 4 nitrogen and oxygen atoms in total. The molecule has 1 fully saturated rings. The first-order chi connectivity index (χ1) is 10.3. The summed E-state index contributed by atoms with van der Waals surface area (Å²) in [6.45, 7) is 7.60. The van der Waals surface area contributed by atoms with Crippen LogP contribution in [0, 0.1) is 5.92 Å². The van der Waals surface area contributed by atoms with E-state index in [-0.39, 0.29) is 17.4 Å². The van der Waals surface area contributed by atoms with E-state index in [1.807, 2.05) is 39.0 Å². The number of halogens is 1. The molecule has 1 aromatic heterocycles. The molecular weight excluding hydrogens is 318 g/mol. The molecule has 1 aliphatic rings. The molecule has 1 N–H and O–H groups in total. The second kappa shape index (κ2) is 5.70. The molecule has 2 heterocycles. The largest absolute Gasteiger partial charge is 0.351 e. The molecule has 0 bridgehead atoms. The molecule has 1 aromatic carbocycles. The zero-order valence-corrected chi connectivity index (χ0v) is 14.6. The van der Waals surface area contributed by atoms with Crippen LogP contribution in [0.15, 0.2) is 18.2 Å². The Labute approximate surface area is 139 Å². The van der Waals surface area contributed by atoms with Gasteiger partial charge in [0, 0.05) is 18.6 Å². The first-order valence-corrected chi connectivity index (χ1v) is 8.65. The van der Waals surface area contributed by atoms with Crippen LogP contribution in [0.25, 0.3) is 10.2 Å². The SMILES string of the molecule is CC(C)(C)NC(=O)C1CCN(c2nc3c(Cl)cccc3s2)C1. The Hall–Kier alpha value is -1.33. The average Bonchev–Trinajstić information content (AvgIpc) is 3.03. The minimum atomic E-state index is -0.187. The Morgan fingerprint density at radius 1 is 1.45 bits per heavy atom. The van der Waals surface area contributed by atoms with Crippen LogP contribution in [0.1, 0.15) is 27.2 Å². The highest BCUT2D eigenvalue weighted by Crippen LogP contribution is 2.35. The van der Waals surface area contributed by atoms with Gasteiger partial charge in [0.05, 0.1) is 15.6 Å². The van der Waals surface area contributed by atoms with E-state index in [1.165, 1.54) is 0 Å². The number of hydrogen-bond donors (Lipinski definition) is 1. The molecule has 1 saturated heterocycles.